The van der Waals surface area contributed by atoms with Gasteiger partial charge in [0.2, 0.25) is 0 Å². The van der Waals surface area contributed by atoms with Crippen LogP contribution in [-0.4, -0.2) is 21.0 Å². The molecule has 0 bridgehead atoms. The van der Waals surface area contributed by atoms with Crippen molar-refractivity contribution in [3.63, 3.8) is 0 Å². The zero-order valence-electron chi connectivity index (χ0n) is 13.7. The topological polar surface area (TPSA) is 66.0 Å². The predicted octanol–water partition coefficient (Wildman–Crippen LogP) is 4.33. The van der Waals surface area contributed by atoms with Crippen LogP contribution in [0, 0.1) is 11.8 Å². The molecule has 0 fully saturated rings. The van der Waals surface area contributed by atoms with Crippen molar-refractivity contribution in [2.45, 2.75) is 0 Å². The fourth-order valence-electron chi connectivity index (χ4n) is 2.93. The first kappa shape index (κ1) is 15.7. The number of rotatable bonds is 2. The number of aromatic amines is 1. The van der Waals surface area contributed by atoms with Crippen LogP contribution in [-0.2, 0) is 0 Å². The Hall–Kier alpha value is -3.84. The van der Waals surface area contributed by atoms with Gasteiger partial charge in [-0.1, -0.05) is 24.0 Å². The molecule has 0 atom stereocenters. The van der Waals surface area contributed by atoms with Crippen LogP contribution in [0.15, 0.2) is 73.2 Å². The molecule has 2 N–H and O–H groups in total. The number of aromatic nitrogens is 2. The summed E-state index contributed by atoms with van der Waals surface area (Å²) in [6, 6.07) is 16.6. The normalized spacial score (nSPS) is 10.3. The predicted molar refractivity (Wildman–Crippen MR) is 101 cm³/mol. The summed E-state index contributed by atoms with van der Waals surface area (Å²) in [4.78, 5) is 18.9. The highest BCUT2D eigenvalue weighted by Gasteiger charge is 2.15. The minimum absolute atomic E-state index is 0.237. The second-order valence-corrected chi connectivity index (χ2v) is 5.80. The molecule has 0 amide bonds. The standard InChI is InChI=1S/C22H14N2O2/c25-22(26)19-3-1-2-16(5-4-15-8-11-23-12-9-15)21(19)18-6-7-20-17(14-18)10-13-24-20/h1-3,6-14,24H,(H,25,26). The first-order valence-electron chi connectivity index (χ1n) is 8.08. The van der Waals surface area contributed by atoms with E-state index in [1.54, 1.807) is 24.5 Å². The Kier molecular flexibility index (Phi) is 3.97. The summed E-state index contributed by atoms with van der Waals surface area (Å²) in [7, 11) is 0. The highest BCUT2D eigenvalue weighted by molar-refractivity contribution is 5.99. The van der Waals surface area contributed by atoms with E-state index in [9.17, 15) is 9.90 Å². The van der Waals surface area contributed by atoms with Crippen molar-refractivity contribution in [2.75, 3.05) is 0 Å². The van der Waals surface area contributed by atoms with Gasteiger partial charge in [0.05, 0.1) is 5.56 Å². The number of fused-ring (bicyclic) bond motifs is 1. The summed E-state index contributed by atoms with van der Waals surface area (Å²) in [5, 5.41) is 10.7. The van der Waals surface area contributed by atoms with E-state index in [0.29, 0.717) is 11.1 Å². The zero-order chi connectivity index (χ0) is 17.9. The fourth-order valence-corrected chi connectivity index (χ4v) is 2.93. The first-order valence-corrected chi connectivity index (χ1v) is 8.08. The van der Waals surface area contributed by atoms with Crippen molar-refractivity contribution >= 4 is 16.9 Å². The monoisotopic (exact) mass is 338 g/mol. The van der Waals surface area contributed by atoms with Gasteiger partial charge in [-0.3, -0.25) is 4.98 Å². The maximum Gasteiger partial charge on any atom is 0.336 e. The molecule has 4 aromatic rings. The largest absolute Gasteiger partial charge is 0.478 e. The van der Waals surface area contributed by atoms with E-state index >= 15 is 0 Å². The molecule has 0 saturated heterocycles. The van der Waals surface area contributed by atoms with Crippen molar-refractivity contribution in [3.05, 3.63) is 89.9 Å². The van der Waals surface area contributed by atoms with Gasteiger partial charge in [0.1, 0.15) is 0 Å². The van der Waals surface area contributed by atoms with Crippen molar-refractivity contribution < 1.29 is 9.90 Å². The molecule has 0 aliphatic heterocycles. The van der Waals surface area contributed by atoms with Crippen LogP contribution < -0.4 is 0 Å². The Balaban J connectivity index is 1.91. The number of pyridine rings is 1. The maximum atomic E-state index is 11.8. The molecule has 4 heteroatoms. The van der Waals surface area contributed by atoms with Gasteiger partial charge < -0.3 is 10.1 Å². The maximum absolute atomic E-state index is 11.8. The molecule has 0 radical (unpaired) electrons. The summed E-state index contributed by atoms with van der Waals surface area (Å²) in [6.45, 7) is 0. The highest BCUT2D eigenvalue weighted by Crippen LogP contribution is 2.30. The summed E-state index contributed by atoms with van der Waals surface area (Å²) in [5.74, 6) is 5.23. The molecule has 0 spiro atoms. The van der Waals surface area contributed by atoms with E-state index in [4.69, 9.17) is 0 Å². The van der Waals surface area contributed by atoms with Crippen LogP contribution in [0.4, 0.5) is 0 Å². The third-order valence-corrected chi connectivity index (χ3v) is 4.16. The van der Waals surface area contributed by atoms with Crippen LogP contribution >= 0.6 is 0 Å². The zero-order valence-corrected chi connectivity index (χ0v) is 13.7. The summed E-state index contributed by atoms with van der Waals surface area (Å²) < 4.78 is 0. The number of hydrogen-bond acceptors (Lipinski definition) is 2. The third-order valence-electron chi connectivity index (χ3n) is 4.16. The van der Waals surface area contributed by atoms with E-state index < -0.39 is 5.97 Å². The number of carboxylic acid groups (broad SMARTS) is 1. The number of benzene rings is 2. The van der Waals surface area contributed by atoms with Crippen molar-refractivity contribution in [1.29, 1.82) is 0 Å². The van der Waals surface area contributed by atoms with E-state index in [1.807, 2.05) is 48.7 Å². The number of carbonyl (C=O) groups is 1. The molecule has 26 heavy (non-hydrogen) atoms. The van der Waals surface area contributed by atoms with Gasteiger partial charge in [-0.2, -0.15) is 0 Å². The van der Waals surface area contributed by atoms with Crippen LogP contribution in [0.2, 0.25) is 0 Å². The second kappa shape index (κ2) is 6.58. The number of aromatic carboxylic acids is 1. The Morgan fingerprint density at radius 3 is 2.65 bits per heavy atom. The number of H-pyrrole nitrogens is 1. The summed E-state index contributed by atoms with van der Waals surface area (Å²) in [5.41, 5.74) is 4.20. The second-order valence-electron chi connectivity index (χ2n) is 5.80. The van der Waals surface area contributed by atoms with E-state index in [-0.39, 0.29) is 5.56 Å². The Morgan fingerprint density at radius 1 is 1.00 bits per heavy atom. The molecular formula is C22H14N2O2. The van der Waals surface area contributed by atoms with Gasteiger partial charge in [0, 0.05) is 40.8 Å². The SMILES string of the molecule is O=C(O)c1cccc(C#Cc2ccncc2)c1-c1ccc2[nH]ccc2c1. The van der Waals surface area contributed by atoms with Crippen molar-refractivity contribution in [1.82, 2.24) is 9.97 Å². The molecule has 2 aromatic heterocycles. The first-order chi connectivity index (χ1) is 12.7. The van der Waals surface area contributed by atoms with E-state index in [2.05, 4.69) is 21.8 Å². The number of carboxylic acids is 1. The molecular weight excluding hydrogens is 324 g/mol. The van der Waals surface area contributed by atoms with Crippen LogP contribution in [0.3, 0.4) is 0 Å². The quantitative estimate of drug-likeness (QED) is 0.535. The molecule has 4 rings (SSSR count). The lowest BCUT2D eigenvalue weighted by atomic mass is 9.93. The van der Waals surface area contributed by atoms with E-state index in [1.165, 1.54) is 0 Å². The summed E-state index contributed by atoms with van der Waals surface area (Å²) in [6.07, 6.45) is 5.22. The Bertz CT molecular complexity index is 1160. The molecule has 2 heterocycles. The van der Waals surface area contributed by atoms with Gasteiger partial charge in [0.15, 0.2) is 0 Å². The molecule has 124 valence electrons. The fraction of sp³-hybridized carbons (Fsp3) is 0. The average molecular weight is 338 g/mol. The minimum atomic E-state index is -0.971. The van der Waals surface area contributed by atoms with Gasteiger partial charge in [-0.25, -0.2) is 4.79 Å². The average Bonchev–Trinajstić information content (AvgIpc) is 3.14. The van der Waals surface area contributed by atoms with Gasteiger partial charge in [-0.15, -0.1) is 0 Å². The lowest BCUT2D eigenvalue weighted by Crippen LogP contribution is -2.01. The minimum Gasteiger partial charge on any atom is -0.478 e. The third kappa shape index (κ3) is 2.94. The lowest BCUT2D eigenvalue weighted by molar-refractivity contribution is 0.0697. The van der Waals surface area contributed by atoms with Crippen molar-refractivity contribution in [2.24, 2.45) is 0 Å². The highest BCUT2D eigenvalue weighted by atomic mass is 16.4. The number of nitrogens with zero attached hydrogens (tertiary/aromatic N) is 1. The van der Waals surface area contributed by atoms with E-state index in [0.717, 1.165) is 22.0 Å². The number of hydrogen-bond donors (Lipinski definition) is 2. The molecule has 0 unspecified atom stereocenters. The molecule has 0 aliphatic rings. The molecule has 0 saturated carbocycles. The molecule has 4 nitrogen and oxygen atoms in total. The van der Waals surface area contributed by atoms with Crippen LogP contribution in [0.25, 0.3) is 22.0 Å². The Labute approximate surface area is 150 Å². The molecule has 0 aliphatic carbocycles. The van der Waals surface area contributed by atoms with Gasteiger partial charge in [-0.05, 0) is 53.4 Å². The number of nitrogens with one attached hydrogen (secondary N) is 1. The smallest absolute Gasteiger partial charge is 0.336 e. The Morgan fingerprint density at radius 2 is 1.85 bits per heavy atom. The van der Waals surface area contributed by atoms with Gasteiger partial charge >= 0.3 is 5.97 Å². The van der Waals surface area contributed by atoms with Crippen LogP contribution in [0.5, 0.6) is 0 Å². The lowest BCUT2D eigenvalue weighted by Gasteiger charge is -2.09. The summed E-state index contributed by atoms with van der Waals surface area (Å²) >= 11 is 0. The van der Waals surface area contributed by atoms with Crippen molar-refractivity contribution in [3.8, 4) is 23.0 Å². The van der Waals surface area contributed by atoms with Crippen LogP contribution in [0.1, 0.15) is 21.5 Å². The van der Waals surface area contributed by atoms with Gasteiger partial charge in [0.25, 0.3) is 0 Å². The molecule has 2 aromatic carbocycles.